The standard InChI is InChI=1S/C16H31N/c1-14-6-5-9-15(12-14)10-11-17-13-16-7-3-2-4-8-16/h14-17H,2-13H2,1H3. The highest BCUT2D eigenvalue weighted by Crippen LogP contribution is 2.30. The zero-order valence-corrected chi connectivity index (χ0v) is 11.7. The molecule has 0 saturated heterocycles. The van der Waals surface area contributed by atoms with Crippen molar-refractivity contribution in [2.24, 2.45) is 17.8 Å². The van der Waals surface area contributed by atoms with Crippen LogP contribution >= 0.6 is 0 Å². The highest BCUT2D eigenvalue weighted by molar-refractivity contribution is 4.72. The Bertz CT molecular complexity index is 196. The average molecular weight is 237 g/mol. The Morgan fingerprint density at radius 3 is 2.41 bits per heavy atom. The second-order valence-electron chi connectivity index (χ2n) is 6.63. The topological polar surface area (TPSA) is 12.0 Å². The van der Waals surface area contributed by atoms with E-state index in [1.807, 2.05) is 0 Å². The zero-order chi connectivity index (χ0) is 11.9. The van der Waals surface area contributed by atoms with Gasteiger partial charge in [0, 0.05) is 0 Å². The molecule has 2 fully saturated rings. The lowest BCUT2D eigenvalue weighted by molar-refractivity contribution is 0.263. The van der Waals surface area contributed by atoms with Crippen molar-refractivity contribution >= 4 is 0 Å². The number of nitrogens with one attached hydrogen (secondary N) is 1. The smallest absolute Gasteiger partial charge is 0.00205 e. The fourth-order valence-electron chi connectivity index (χ4n) is 3.83. The van der Waals surface area contributed by atoms with Crippen LogP contribution in [0.25, 0.3) is 0 Å². The van der Waals surface area contributed by atoms with Gasteiger partial charge in [-0.3, -0.25) is 0 Å². The molecule has 17 heavy (non-hydrogen) atoms. The molecular formula is C16H31N. The Labute approximate surface area is 108 Å². The molecule has 0 amide bonds. The summed E-state index contributed by atoms with van der Waals surface area (Å²) < 4.78 is 0. The van der Waals surface area contributed by atoms with Gasteiger partial charge in [0.25, 0.3) is 0 Å². The second kappa shape index (κ2) is 7.41. The molecule has 0 heterocycles. The molecule has 2 aliphatic rings. The van der Waals surface area contributed by atoms with E-state index in [4.69, 9.17) is 0 Å². The molecule has 1 heteroatoms. The summed E-state index contributed by atoms with van der Waals surface area (Å²) in [4.78, 5) is 0. The normalized spacial score (nSPS) is 31.6. The van der Waals surface area contributed by atoms with Crippen molar-refractivity contribution in [3.63, 3.8) is 0 Å². The lowest BCUT2D eigenvalue weighted by Gasteiger charge is -2.27. The molecule has 2 unspecified atom stereocenters. The van der Waals surface area contributed by atoms with Crippen LogP contribution in [0.15, 0.2) is 0 Å². The Kier molecular flexibility index (Phi) is 5.84. The van der Waals surface area contributed by atoms with Gasteiger partial charge < -0.3 is 5.32 Å². The highest BCUT2D eigenvalue weighted by atomic mass is 14.9. The van der Waals surface area contributed by atoms with E-state index in [-0.39, 0.29) is 0 Å². The maximum absolute atomic E-state index is 3.72. The maximum atomic E-state index is 3.72. The lowest BCUT2D eigenvalue weighted by Crippen LogP contribution is -2.27. The van der Waals surface area contributed by atoms with Crippen LogP contribution in [0.5, 0.6) is 0 Å². The molecule has 1 N–H and O–H groups in total. The first-order chi connectivity index (χ1) is 8.34. The Morgan fingerprint density at radius 2 is 1.65 bits per heavy atom. The van der Waals surface area contributed by atoms with Gasteiger partial charge in [-0.1, -0.05) is 45.4 Å². The Morgan fingerprint density at radius 1 is 0.882 bits per heavy atom. The van der Waals surface area contributed by atoms with Crippen molar-refractivity contribution in [1.29, 1.82) is 0 Å². The molecule has 0 aliphatic heterocycles. The van der Waals surface area contributed by atoms with E-state index in [1.165, 1.54) is 77.3 Å². The van der Waals surface area contributed by atoms with Gasteiger partial charge in [0.05, 0.1) is 0 Å². The summed E-state index contributed by atoms with van der Waals surface area (Å²) in [6.45, 7) is 5.00. The minimum Gasteiger partial charge on any atom is -0.316 e. The summed E-state index contributed by atoms with van der Waals surface area (Å²) in [5, 5.41) is 3.72. The van der Waals surface area contributed by atoms with Crippen molar-refractivity contribution in [3.8, 4) is 0 Å². The van der Waals surface area contributed by atoms with Crippen molar-refractivity contribution in [1.82, 2.24) is 5.32 Å². The van der Waals surface area contributed by atoms with Gasteiger partial charge in [0.2, 0.25) is 0 Å². The van der Waals surface area contributed by atoms with Crippen LogP contribution < -0.4 is 5.32 Å². The lowest BCUT2D eigenvalue weighted by atomic mass is 9.81. The van der Waals surface area contributed by atoms with Crippen molar-refractivity contribution < 1.29 is 0 Å². The van der Waals surface area contributed by atoms with E-state index < -0.39 is 0 Å². The van der Waals surface area contributed by atoms with E-state index in [0.717, 1.165) is 17.8 Å². The third-order valence-electron chi connectivity index (χ3n) is 4.93. The number of rotatable bonds is 5. The molecular weight excluding hydrogens is 206 g/mol. The van der Waals surface area contributed by atoms with Crippen molar-refractivity contribution in [2.75, 3.05) is 13.1 Å². The minimum absolute atomic E-state index is 0.993. The van der Waals surface area contributed by atoms with Gasteiger partial charge in [-0.25, -0.2) is 0 Å². The van der Waals surface area contributed by atoms with Crippen LogP contribution in [-0.4, -0.2) is 13.1 Å². The molecule has 0 spiro atoms. The number of hydrogen-bond acceptors (Lipinski definition) is 1. The molecule has 0 bridgehead atoms. The average Bonchev–Trinajstić information content (AvgIpc) is 2.36. The quantitative estimate of drug-likeness (QED) is 0.700. The third-order valence-corrected chi connectivity index (χ3v) is 4.93. The predicted octanol–water partition coefficient (Wildman–Crippen LogP) is 4.37. The van der Waals surface area contributed by atoms with Crippen LogP contribution in [0.3, 0.4) is 0 Å². The van der Waals surface area contributed by atoms with Crippen molar-refractivity contribution in [2.45, 2.75) is 71.1 Å². The molecule has 2 saturated carbocycles. The van der Waals surface area contributed by atoms with Gasteiger partial charge in [0.15, 0.2) is 0 Å². The van der Waals surface area contributed by atoms with Crippen LogP contribution in [0, 0.1) is 17.8 Å². The first kappa shape index (κ1) is 13.4. The monoisotopic (exact) mass is 237 g/mol. The molecule has 0 radical (unpaired) electrons. The number of hydrogen-bond donors (Lipinski definition) is 1. The van der Waals surface area contributed by atoms with E-state index in [9.17, 15) is 0 Å². The zero-order valence-electron chi connectivity index (χ0n) is 11.7. The van der Waals surface area contributed by atoms with E-state index in [2.05, 4.69) is 12.2 Å². The molecule has 2 atom stereocenters. The summed E-state index contributed by atoms with van der Waals surface area (Å²) >= 11 is 0. The van der Waals surface area contributed by atoms with Gasteiger partial charge in [-0.05, 0) is 56.5 Å². The van der Waals surface area contributed by atoms with E-state index >= 15 is 0 Å². The Hall–Kier alpha value is -0.0400. The largest absolute Gasteiger partial charge is 0.316 e. The molecule has 1 nitrogen and oxygen atoms in total. The summed E-state index contributed by atoms with van der Waals surface area (Å²) in [6, 6.07) is 0. The SMILES string of the molecule is CC1CCCC(CCNCC2CCCCC2)C1. The van der Waals surface area contributed by atoms with E-state index in [0.29, 0.717) is 0 Å². The molecule has 0 aromatic carbocycles. The van der Waals surface area contributed by atoms with Crippen LogP contribution in [0.2, 0.25) is 0 Å². The summed E-state index contributed by atoms with van der Waals surface area (Å²) in [6.07, 6.45) is 14.8. The molecule has 2 rings (SSSR count). The Balaban J connectivity index is 1.50. The summed E-state index contributed by atoms with van der Waals surface area (Å²) in [7, 11) is 0. The van der Waals surface area contributed by atoms with Crippen LogP contribution in [0.1, 0.15) is 71.1 Å². The first-order valence-corrected chi connectivity index (χ1v) is 8.05. The molecule has 2 aliphatic carbocycles. The molecule has 0 aromatic rings. The minimum atomic E-state index is 0.993. The third kappa shape index (κ3) is 4.99. The van der Waals surface area contributed by atoms with Gasteiger partial charge in [-0.15, -0.1) is 0 Å². The van der Waals surface area contributed by atoms with Crippen LogP contribution in [0.4, 0.5) is 0 Å². The highest BCUT2D eigenvalue weighted by Gasteiger charge is 2.18. The fourth-order valence-corrected chi connectivity index (χ4v) is 3.83. The van der Waals surface area contributed by atoms with E-state index in [1.54, 1.807) is 0 Å². The van der Waals surface area contributed by atoms with Crippen molar-refractivity contribution in [3.05, 3.63) is 0 Å². The predicted molar refractivity (Wildman–Crippen MR) is 75.2 cm³/mol. The van der Waals surface area contributed by atoms with Crippen LogP contribution in [-0.2, 0) is 0 Å². The van der Waals surface area contributed by atoms with Gasteiger partial charge in [-0.2, -0.15) is 0 Å². The summed E-state index contributed by atoms with van der Waals surface area (Å²) in [5.41, 5.74) is 0. The van der Waals surface area contributed by atoms with Gasteiger partial charge in [0.1, 0.15) is 0 Å². The summed E-state index contributed by atoms with van der Waals surface area (Å²) in [5.74, 6) is 3.01. The first-order valence-electron chi connectivity index (χ1n) is 8.05. The molecule has 0 aromatic heterocycles. The maximum Gasteiger partial charge on any atom is -0.00205 e. The fraction of sp³-hybridized carbons (Fsp3) is 1.00. The molecule has 100 valence electrons. The second-order valence-corrected chi connectivity index (χ2v) is 6.63. The van der Waals surface area contributed by atoms with Gasteiger partial charge >= 0.3 is 0 Å².